The van der Waals surface area contributed by atoms with Crippen molar-refractivity contribution in [3.63, 3.8) is 0 Å². The highest BCUT2D eigenvalue weighted by Gasteiger charge is 2.20. The van der Waals surface area contributed by atoms with Crippen LogP contribution in [0.25, 0.3) is 0 Å². The van der Waals surface area contributed by atoms with E-state index in [1.54, 1.807) is 25.1 Å². The fourth-order valence-corrected chi connectivity index (χ4v) is 4.40. The van der Waals surface area contributed by atoms with Gasteiger partial charge >= 0.3 is 0 Å². The lowest BCUT2D eigenvalue weighted by atomic mass is 10.0. The summed E-state index contributed by atoms with van der Waals surface area (Å²) in [7, 11) is -0.293. The first kappa shape index (κ1) is 24.3. The van der Waals surface area contributed by atoms with Crippen molar-refractivity contribution in [2.45, 2.75) is 17.9 Å². The van der Waals surface area contributed by atoms with Crippen molar-refractivity contribution in [1.82, 2.24) is 10.2 Å². The number of nitrogens with one attached hydrogen (secondary N) is 2. The Morgan fingerprint density at radius 2 is 1.52 bits per heavy atom. The summed E-state index contributed by atoms with van der Waals surface area (Å²) in [5.41, 5.74) is 1.86. The molecule has 1 atom stereocenters. The summed E-state index contributed by atoms with van der Waals surface area (Å²) < 4.78 is 54.3. The summed E-state index contributed by atoms with van der Waals surface area (Å²) >= 11 is 0. The smallest absolute Gasteiger partial charge is 0.261 e. The van der Waals surface area contributed by atoms with Crippen molar-refractivity contribution < 1.29 is 22.0 Å². The van der Waals surface area contributed by atoms with Crippen molar-refractivity contribution in [1.29, 1.82) is 0 Å². The zero-order valence-corrected chi connectivity index (χ0v) is 19.3. The van der Waals surface area contributed by atoms with Crippen LogP contribution in [-0.4, -0.2) is 39.9 Å². The Hall–Kier alpha value is -3.30. The van der Waals surface area contributed by atoms with E-state index in [9.17, 15) is 22.0 Å². The van der Waals surface area contributed by atoms with Gasteiger partial charge in [0.15, 0.2) is 0 Å². The average Bonchev–Trinajstić information content (AvgIpc) is 2.76. The minimum Gasteiger partial charge on any atom is -0.350 e. The van der Waals surface area contributed by atoms with E-state index in [4.69, 9.17) is 0 Å². The van der Waals surface area contributed by atoms with Crippen LogP contribution in [0.15, 0.2) is 71.6 Å². The average molecular weight is 474 g/mol. The first-order chi connectivity index (χ1) is 15.6. The predicted octanol–water partition coefficient (Wildman–Crippen LogP) is 4.11. The molecule has 0 aliphatic heterocycles. The Labute approximate surface area is 192 Å². The number of rotatable bonds is 8. The molecule has 0 aliphatic rings. The first-order valence-corrected chi connectivity index (χ1v) is 11.6. The zero-order chi connectivity index (χ0) is 24.2. The van der Waals surface area contributed by atoms with Gasteiger partial charge in [-0.25, -0.2) is 17.2 Å². The standard InChI is InChI=1S/C24H25F2N3O3S/c1-16-4-13-21(33(31,32)28-20-11-9-19(26)10-12-20)14-22(16)24(30)27-15-23(29(2)3)17-5-7-18(25)8-6-17/h4-14,23,28H,15H2,1-3H3,(H,27,30). The van der Waals surface area contributed by atoms with Crippen LogP contribution in [0.1, 0.15) is 27.5 Å². The van der Waals surface area contributed by atoms with Gasteiger partial charge in [0.2, 0.25) is 0 Å². The monoisotopic (exact) mass is 473 g/mol. The Bertz CT molecular complexity index is 1230. The van der Waals surface area contributed by atoms with Gasteiger partial charge in [0.1, 0.15) is 11.6 Å². The lowest BCUT2D eigenvalue weighted by Crippen LogP contribution is -2.35. The van der Waals surface area contributed by atoms with E-state index in [-0.39, 0.29) is 34.6 Å². The molecule has 9 heteroatoms. The third-order valence-corrected chi connectivity index (χ3v) is 6.57. The summed E-state index contributed by atoms with van der Waals surface area (Å²) in [5, 5.41) is 2.84. The molecule has 0 radical (unpaired) electrons. The summed E-state index contributed by atoms with van der Waals surface area (Å²) in [4.78, 5) is 14.7. The maximum atomic E-state index is 13.3. The molecular formula is C24H25F2N3O3S. The number of anilines is 1. The van der Waals surface area contributed by atoms with Gasteiger partial charge in [0, 0.05) is 17.8 Å². The number of aryl methyl sites for hydroxylation is 1. The van der Waals surface area contributed by atoms with Gasteiger partial charge in [-0.15, -0.1) is 0 Å². The van der Waals surface area contributed by atoms with Gasteiger partial charge in [-0.05, 0) is 80.7 Å². The highest BCUT2D eigenvalue weighted by molar-refractivity contribution is 7.92. The molecule has 0 aromatic heterocycles. The molecule has 0 saturated heterocycles. The molecular weight excluding hydrogens is 448 g/mol. The molecule has 0 aliphatic carbocycles. The molecule has 1 amide bonds. The van der Waals surface area contributed by atoms with E-state index < -0.39 is 21.7 Å². The third-order valence-electron chi connectivity index (χ3n) is 5.19. The van der Waals surface area contributed by atoms with Gasteiger partial charge < -0.3 is 10.2 Å². The van der Waals surface area contributed by atoms with Crippen LogP contribution in [0.5, 0.6) is 0 Å². The molecule has 3 aromatic rings. The quantitative estimate of drug-likeness (QED) is 0.516. The number of halogens is 2. The summed E-state index contributed by atoms with van der Waals surface area (Å²) in [6.07, 6.45) is 0. The lowest BCUT2D eigenvalue weighted by molar-refractivity contribution is 0.0941. The SMILES string of the molecule is Cc1ccc(S(=O)(=O)Nc2ccc(F)cc2)cc1C(=O)NCC(c1ccc(F)cc1)N(C)C. The predicted molar refractivity (Wildman–Crippen MR) is 124 cm³/mol. The largest absolute Gasteiger partial charge is 0.350 e. The second-order valence-electron chi connectivity index (χ2n) is 7.83. The lowest BCUT2D eigenvalue weighted by Gasteiger charge is -2.25. The fourth-order valence-electron chi connectivity index (χ4n) is 3.31. The number of benzene rings is 3. The van der Waals surface area contributed by atoms with E-state index in [0.29, 0.717) is 5.56 Å². The summed E-state index contributed by atoms with van der Waals surface area (Å²) in [6.45, 7) is 1.95. The highest BCUT2D eigenvalue weighted by atomic mass is 32.2. The molecule has 0 heterocycles. The summed E-state index contributed by atoms with van der Waals surface area (Å²) in [5.74, 6) is -1.26. The molecule has 0 spiro atoms. The minimum atomic E-state index is -3.99. The van der Waals surface area contributed by atoms with Crippen LogP contribution in [0, 0.1) is 18.6 Å². The fraction of sp³-hybridized carbons (Fsp3) is 0.208. The molecule has 3 rings (SSSR count). The van der Waals surface area contributed by atoms with Crippen molar-refractivity contribution >= 4 is 21.6 Å². The van der Waals surface area contributed by atoms with Crippen LogP contribution in [-0.2, 0) is 10.0 Å². The van der Waals surface area contributed by atoms with Crippen LogP contribution < -0.4 is 10.0 Å². The minimum absolute atomic E-state index is 0.0923. The number of nitrogens with zero attached hydrogens (tertiary/aromatic N) is 1. The van der Waals surface area contributed by atoms with Crippen molar-refractivity contribution in [3.05, 3.63) is 95.1 Å². The van der Waals surface area contributed by atoms with Gasteiger partial charge in [0.25, 0.3) is 15.9 Å². The first-order valence-electron chi connectivity index (χ1n) is 10.2. The van der Waals surface area contributed by atoms with Crippen molar-refractivity contribution in [3.8, 4) is 0 Å². The Morgan fingerprint density at radius 3 is 2.09 bits per heavy atom. The number of hydrogen-bond donors (Lipinski definition) is 2. The van der Waals surface area contributed by atoms with E-state index in [0.717, 1.165) is 17.7 Å². The number of likely N-dealkylation sites (N-methyl/N-ethyl adjacent to an activating group) is 1. The topological polar surface area (TPSA) is 78.5 Å². The molecule has 0 saturated carbocycles. The second kappa shape index (κ2) is 10.1. The molecule has 174 valence electrons. The number of sulfonamides is 1. The van der Waals surface area contributed by atoms with E-state index in [1.807, 2.05) is 19.0 Å². The number of carbonyl (C=O) groups is 1. The molecule has 6 nitrogen and oxygen atoms in total. The molecule has 0 fully saturated rings. The van der Waals surface area contributed by atoms with Gasteiger partial charge in [-0.3, -0.25) is 9.52 Å². The van der Waals surface area contributed by atoms with Crippen LogP contribution in [0.4, 0.5) is 14.5 Å². The second-order valence-corrected chi connectivity index (χ2v) is 9.51. The molecule has 1 unspecified atom stereocenters. The maximum Gasteiger partial charge on any atom is 0.261 e. The maximum absolute atomic E-state index is 13.3. The Balaban J connectivity index is 1.78. The van der Waals surface area contributed by atoms with Gasteiger partial charge in [0.05, 0.1) is 10.9 Å². The van der Waals surface area contributed by atoms with Crippen molar-refractivity contribution in [2.75, 3.05) is 25.4 Å². The number of carbonyl (C=O) groups excluding carboxylic acids is 1. The van der Waals surface area contributed by atoms with Crippen LogP contribution >= 0.6 is 0 Å². The number of amides is 1. The van der Waals surface area contributed by atoms with E-state index in [2.05, 4.69) is 10.0 Å². The molecule has 33 heavy (non-hydrogen) atoms. The normalized spacial score (nSPS) is 12.4. The third kappa shape index (κ3) is 6.15. The molecule has 0 bridgehead atoms. The number of hydrogen-bond acceptors (Lipinski definition) is 4. The van der Waals surface area contributed by atoms with E-state index >= 15 is 0 Å². The Kier molecular flexibility index (Phi) is 7.45. The van der Waals surface area contributed by atoms with E-state index in [1.165, 1.54) is 36.4 Å². The van der Waals surface area contributed by atoms with Crippen molar-refractivity contribution in [2.24, 2.45) is 0 Å². The molecule has 2 N–H and O–H groups in total. The highest BCUT2D eigenvalue weighted by Crippen LogP contribution is 2.21. The zero-order valence-electron chi connectivity index (χ0n) is 18.5. The van der Waals surface area contributed by atoms with Crippen LogP contribution in [0.3, 0.4) is 0 Å². The Morgan fingerprint density at radius 1 is 0.939 bits per heavy atom. The van der Waals surface area contributed by atoms with Crippen LogP contribution in [0.2, 0.25) is 0 Å². The van der Waals surface area contributed by atoms with Gasteiger partial charge in [-0.2, -0.15) is 0 Å². The van der Waals surface area contributed by atoms with Gasteiger partial charge in [-0.1, -0.05) is 18.2 Å². The molecule has 3 aromatic carbocycles. The summed E-state index contributed by atoms with van der Waals surface area (Å²) in [6, 6.07) is 15.0.